The summed E-state index contributed by atoms with van der Waals surface area (Å²) in [4.78, 5) is 0. The van der Waals surface area contributed by atoms with E-state index < -0.39 is 13.7 Å². The van der Waals surface area contributed by atoms with Crippen LogP contribution in [-0.2, 0) is 35.2 Å². The lowest BCUT2D eigenvalue weighted by molar-refractivity contribution is -0.660. The zero-order valence-electron chi connectivity index (χ0n) is 69.0. The number of nitrogens with zero attached hydrogens (tertiary/aromatic N) is 5. The van der Waals surface area contributed by atoms with Crippen molar-refractivity contribution in [1.82, 2.24) is 0 Å². The predicted molar refractivity (Wildman–Crippen MR) is 440 cm³/mol. The Hall–Kier alpha value is -12.1. The van der Waals surface area contributed by atoms with Crippen LogP contribution in [0.5, 0.6) is 0 Å². The van der Waals surface area contributed by atoms with Crippen molar-refractivity contribution in [3.05, 3.63) is 390 Å². The molecule has 520 valence electrons. The predicted octanol–water partition coefficient (Wildman–Crippen LogP) is 22.3. The minimum absolute atomic E-state index is 0.382. The summed E-state index contributed by atoms with van der Waals surface area (Å²) in [5.74, 6) is 0. The van der Waals surface area contributed by atoms with E-state index in [2.05, 4.69) is 347 Å². The zero-order valence-corrected chi connectivity index (χ0v) is 63.0. The van der Waals surface area contributed by atoms with Crippen LogP contribution in [0, 0.1) is 69.1 Å². The van der Waals surface area contributed by atoms with Crippen LogP contribution in [0.2, 0.25) is 0 Å². The van der Waals surface area contributed by atoms with Gasteiger partial charge in [-0.1, -0.05) is 241 Å². The largest absolute Gasteiger partial charge is 0.213 e. The molecule has 0 amide bonds. The first kappa shape index (κ1) is 66.2. The average molecular weight is 1380 g/mol. The Morgan fingerprint density at radius 2 is 0.524 bits per heavy atom. The number of hydrogen-bond acceptors (Lipinski definition) is 0. The molecule has 0 aliphatic rings. The Balaban J connectivity index is 0.000000138. The third-order valence-corrected chi connectivity index (χ3v) is 19.4. The number of rotatable bonds is 10. The Bertz CT molecular complexity index is 5700. The molecule has 0 radical (unpaired) electrons. The molecule has 0 atom stereocenters. The standard InChI is InChI=1S/C21H22N.3C20H20N.C19H18N/c1-15-10-11-19(16(2)12-15)21-13-17(3)20(14-22(21)4)18-8-6-5-7-9-18;1-15-9-7-8-12-18(15)20-13-19(16(2)14-21(20)3)17-10-5-4-6-11-17;1-15-9-11-19(16(2)13-15)20-12-10-18(14-21(20)3)17-7-5-4-6-8-17;1-15-9-10-19(16(2)13-15)20-14-18(11-12-21(20)3)17-7-5-4-6-8-17;1-15-8-6-7-11-18(15)19-14-17(12-13-20(19)2)16-9-4-3-5-10-16/h5-14H,1-4H3;3*4-14H,1-3H3;3-14H,1-2H3/q5*+1/i1D3;;1D3;;. The summed E-state index contributed by atoms with van der Waals surface area (Å²) in [5.41, 5.74) is 34.5. The topological polar surface area (TPSA) is 19.4 Å². The van der Waals surface area contributed by atoms with Gasteiger partial charge in [-0.25, -0.2) is 22.8 Å². The van der Waals surface area contributed by atoms with Crippen molar-refractivity contribution in [1.29, 1.82) is 0 Å². The monoisotopic (exact) mass is 1380 g/mol. The number of aromatic nitrogens is 5. The molecular weight excluding hydrogens is 1270 g/mol. The molecule has 0 spiro atoms. The molecule has 0 saturated heterocycles. The van der Waals surface area contributed by atoms with Crippen molar-refractivity contribution in [2.75, 3.05) is 0 Å². The fourth-order valence-electron chi connectivity index (χ4n) is 13.6. The van der Waals surface area contributed by atoms with Crippen LogP contribution < -0.4 is 22.8 Å². The summed E-state index contributed by atoms with van der Waals surface area (Å²) in [6, 6.07) is 104. The molecule has 0 fully saturated rings. The van der Waals surface area contributed by atoms with Gasteiger partial charge in [0.25, 0.3) is 0 Å². The Morgan fingerprint density at radius 3 is 0.952 bits per heavy atom. The Morgan fingerprint density at radius 1 is 0.190 bits per heavy atom. The molecule has 5 nitrogen and oxygen atoms in total. The van der Waals surface area contributed by atoms with Crippen LogP contribution >= 0.6 is 0 Å². The first-order valence-corrected chi connectivity index (χ1v) is 35.9. The van der Waals surface area contributed by atoms with E-state index in [1.165, 1.54) is 117 Å². The van der Waals surface area contributed by atoms with Gasteiger partial charge in [-0.15, -0.1) is 0 Å². The first-order chi connectivity index (χ1) is 53.2. The van der Waals surface area contributed by atoms with Crippen LogP contribution in [0.15, 0.2) is 334 Å². The van der Waals surface area contributed by atoms with Gasteiger partial charge in [-0.05, 0) is 183 Å². The van der Waals surface area contributed by atoms with Crippen molar-refractivity contribution in [2.45, 2.75) is 69.1 Å². The molecule has 5 heteroatoms. The highest BCUT2D eigenvalue weighted by atomic mass is 14.9. The summed E-state index contributed by atoms with van der Waals surface area (Å²) in [5, 5.41) is 0. The van der Waals surface area contributed by atoms with Crippen LogP contribution in [-0.4, -0.2) is 0 Å². The lowest BCUT2D eigenvalue weighted by Crippen LogP contribution is -2.31. The molecule has 0 N–H and O–H groups in total. The van der Waals surface area contributed by atoms with Gasteiger partial charge in [0, 0.05) is 95.2 Å². The van der Waals surface area contributed by atoms with Gasteiger partial charge >= 0.3 is 0 Å². The summed E-state index contributed by atoms with van der Waals surface area (Å²) in [7, 11) is 10.3. The van der Waals surface area contributed by atoms with Gasteiger partial charge in [-0.2, -0.15) is 0 Å². The molecule has 15 aromatic rings. The highest BCUT2D eigenvalue weighted by molar-refractivity contribution is 5.75. The summed E-state index contributed by atoms with van der Waals surface area (Å²) < 4.78 is 56.1. The summed E-state index contributed by atoms with van der Waals surface area (Å²) in [6.45, 7) is 12.7. The summed E-state index contributed by atoms with van der Waals surface area (Å²) in [6.07, 6.45) is 10.7. The first-order valence-electron chi connectivity index (χ1n) is 38.9. The molecule has 105 heavy (non-hydrogen) atoms. The second kappa shape index (κ2) is 34.7. The van der Waals surface area contributed by atoms with Gasteiger partial charge in [0.2, 0.25) is 28.5 Å². The third-order valence-electron chi connectivity index (χ3n) is 19.4. The van der Waals surface area contributed by atoms with Gasteiger partial charge < -0.3 is 0 Å². The fourth-order valence-corrected chi connectivity index (χ4v) is 13.6. The van der Waals surface area contributed by atoms with Crippen molar-refractivity contribution in [3.63, 3.8) is 0 Å². The minimum Gasteiger partial charge on any atom is -0.201 e. The van der Waals surface area contributed by atoms with E-state index in [1.807, 2.05) is 76.5 Å². The number of aryl methyl sites for hydroxylation is 15. The van der Waals surface area contributed by atoms with Gasteiger partial charge in [-0.3, -0.25) is 0 Å². The van der Waals surface area contributed by atoms with Gasteiger partial charge in [0.05, 0.1) is 0 Å². The van der Waals surface area contributed by atoms with Crippen molar-refractivity contribution >= 4 is 0 Å². The molecule has 10 aromatic carbocycles. The molecule has 0 unspecified atom stereocenters. The zero-order chi connectivity index (χ0) is 79.1. The molecule has 0 bridgehead atoms. The highest BCUT2D eigenvalue weighted by Crippen LogP contribution is 2.33. The average Bonchev–Trinajstić information content (AvgIpc) is 0.787. The van der Waals surface area contributed by atoms with Crippen LogP contribution in [0.4, 0.5) is 0 Å². The van der Waals surface area contributed by atoms with E-state index in [9.17, 15) is 0 Å². The molecule has 15 rings (SSSR count). The van der Waals surface area contributed by atoms with Gasteiger partial charge in [0.15, 0.2) is 31.0 Å². The Labute approximate surface area is 633 Å². The minimum atomic E-state index is -2.07. The van der Waals surface area contributed by atoms with Crippen LogP contribution in [0.25, 0.3) is 112 Å². The number of benzene rings is 10. The molecule has 5 heterocycles. The van der Waals surface area contributed by atoms with E-state index in [1.54, 1.807) is 24.3 Å². The SMILES string of the molecule is Cc1c[n+](C)c(-c2ccccc2C)cc1-c1ccccc1.Cc1ccc(-c2cc(-c3ccccc3)cc[n+]2C)c(C)c1.Cc1ccccc1-c1cc(-c2ccccc2)cc[n+]1C.[2H]C([2H])([2H])c1ccc(-c2cc(C)c(-c3ccccc3)c[n+]2C)c(C)c1.[2H]C([2H])([2H])c1ccc(-c2ccc(-c3ccccc3)c[n+]2C)c(C)c1. The number of hydrogen-bond donors (Lipinski definition) is 0. The third kappa shape index (κ3) is 18.6. The van der Waals surface area contributed by atoms with E-state index in [4.69, 9.17) is 8.22 Å². The maximum atomic E-state index is 7.57. The van der Waals surface area contributed by atoms with Crippen LogP contribution in [0.3, 0.4) is 0 Å². The lowest BCUT2D eigenvalue weighted by Gasteiger charge is -2.10. The smallest absolute Gasteiger partial charge is 0.201 e. The second-order valence-corrected chi connectivity index (χ2v) is 27.3. The molecule has 5 aromatic heterocycles. The van der Waals surface area contributed by atoms with Crippen molar-refractivity contribution in [2.24, 2.45) is 35.2 Å². The lowest BCUT2D eigenvalue weighted by atomic mass is 9.97. The van der Waals surface area contributed by atoms with E-state index in [-0.39, 0.29) is 0 Å². The highest BCUT2D eigenvalue weighted by Gasteiger charge is 2.21. The second-order valence-electron chi connectivity index (χ2n) is 27.3. The number of pyridine rings is 5. The maximum absolute atomic E-state index is 7.57. The molecule has 0 aliphatic carbocycles. The quantitative estimate of drug-likeness (QED) is 0.122. The maximum Gasteiger partial charge on any atom is 0.213 e. The van der Waals surface area contributed by atoms with E-state index in [0.29, 0.717) is 11.1 Å². The fraction of sp³-hybridized carbons (Fsp3) is 0.150. The normalized spacial score (nSPS) is 11.7. The van der Waals surface area contributed by atoms with Gasteiger partial charge in [0.1, 0.15) is 35.2 Å². The van der Waals surface area contributed by atoms with Crippen molar-refractivity contribution in [3.8, 4) is 112 Å². The molecule has 0 saturated carbocycles. The van der Waals surface area contributed by atoms with E-state index in [0.717, 1.165) is 39.2 Å². The van der Waals surface area contributed by atoms with Crippen LogP contribution in [0.1, 0.15) is 63.9 Å². The molecular formula is C100H100N5+5. The Kier molecular flexibility index (Phi) is 21.9. The van der Waals surface area contributed by atoms with E-state index >= 15 is 0 Å². The molecule has 0 aliphatic heterocycles. The summed E-state index contributed by atoms with van der Waals surface area (Å²) >= 11 is 0. The van der Waals surface area contributed by atoms with Crippen molar-refractivity contribution < 1.29 is 31.1 Å².